The van der Waals surface area contributed by atoms with Crippen LogP contribution in [0.5, 0.6) is 0 Å². The van der Waals surface area contributed by atoms with E-state index in [4.69, 9.17) is 16.7 Å². The topological polar surface area (TPSA) is 84.2 Å². The van der Waals surface area contributed by atoms with Gasteiger partial charge in [0, 0.05) is 13.0 Å². The Morgan fingerprint density at radius 2 is 2.04 bits per heavy atom. The van der Waals surface area contributed by atoms with Gasteiger partial charge in [-0.05, 0) is 43.2 Å². The molecule has 134 valence electrons. The Morgan fingerprint density at radius 1 is 1.27 bits per heavy atom. The zero-order chi connectivity index (χ0) is 18.8. The molecule has 3 rings (SSSR count). The number of hydrogen-bond acceptors (Lipinski definition) is 3. The summed E-state index contributed by atoms with van der Waals surface area (Å²) in [5, 5.41) is 11.8. The normalized spacial score (nSPS) is 10.9. The highest BCUT2D eigenvalue weighted by atomic mass is 35.5. The van der Waals surface area contributed by atoms with Gasteiger partial charge in [0.15, 0.2) is 0 Å². The summed E-state index contributed by atoms with van der Waals surface area (Å²) < 4.78 is 1.53. The van der Waals surface area contributed by atoms with Crippen molar-refractivity contribution < 1.29 is 9.90 Å². The molecule has 0 aliphatic heterocycles. The maximum Gasteiger partial charge on any atom is 0.404 e. The SMILES string of the molecule is Cc1ccc(C)c(-n2c(CCNC(=O)O)nc3cccc(Cl)c3c2=O)c1. The van der Waals surface area contributed by atoms with Gasteiger partial charge in [0.05, 0.1) is 21.6 Å². The van der Waals surface area contributed by atoms with Crippen LogP contribution < -0.4 is 10.9 Å². The van der Waals surface area contributed by atoms with Crippen LogP contribution in [0.2, 0.25) is 5.02 Å². The highest BCUT2D eigenvalue weighted by Gasteiger charge is 2.16. The van der Waals surface area contributed by atoms with Crippen LogP contribution in [-0.4, -0.2) is 27.3 Å². The number of aromatic nitrogens is 2. The van der Waals surface area contributed by atoms with E-state index in [1.165, 1.54) is 4.57 Å². The molecule has 2 aromatic carbocycles. The van der Waals surface area contributed by atoms with Gasteiger partial charge in [0.25, 0.3) is 5.56 Å². The fourth-order valence-corrected chi connectivity index (χ4v) is 3.14. The molecule has 0 fully saturated rings. The van der Waals surface area contributed by atoms with E-state index in [2.05, 4.69) is 10.3 Å². The minimum absolute atomic E-state index is 0.151. The Kier molecular flexibility index (Phi) is 4.95. The summed E-state index contributed by atoms with van der Waals surface area (Å²) in [6.45, 7) is 4.01. The van der Waals surface area contributed by atoms with Crippen LogP contribution in [0.3, 0.4) is 0 Å². The highest BCUT2D eigenvalue weighted by molar-refractivity contribution is 6.35. The Labute approximate surface area is 155 Å². The number of amides is 1. The number of fused-ring (bicyclic) bond motifs is 1. The molecule has 0 atom stereocenters. The Bertz CT molecular complexity index is 1060. The second-order valence-corrected chi connectivity index (χ2v) is 6.48. The summed E-state index contributed by atoms with van der Waals surface area (Å²) in [5.74, 6) is 0.479. The van der Waals surface area contributed by atoms with Gasteiger partial charge in [-0.3, -0.25) is 9.36 Å². The van der Waals surface area contributed by atoms with Crippen molar-refractivity contribution in [3.63, 3.8) is 0 Å². The van der Waals surface area contributed by atoms with Crippen LogP contribution >= 0.6 is 11.6 Å². The first kappa shape index (κ1) is 17.9. The van der Waals surface area contributed by atoms with E-state index in [0.29, 0.717) is 21.7 Å². The average Bonchev–Trinajstić information content (AvgIpc) is 2.57. The lowest BCUT2D eigenvalue weighted by atomic mass is 10.1. The van der Waals surface area contributed by atoms with E-state index in [0.717, 1.165) is 16.8 Å². The Hall–Kier alpha value is -2.86. The van der Waals surface area contributed by atoms with Crippen molar-refractivity contribution in [1.82, 2.24) is 14.9 Å². The molecule has 0 saturated carbocycles. The van der Waals surface area contributed by atoms with Gasteiger partial charge in [-0.25, -0.2) is 9.78 Å². The maximum atomic E-state index is 13.2. The molecule has 0 spiro atoms. The molecule has 0 unspecified atom stereocenters. The van der Waals surface area contributed by atoms with Crippen molar-refractivity contribution in [2.75, 3.05) is 6.54 Å². The van der Waals surface area contributed by atoms with E-state index in [1.807, 2.05) is 32.0 Å². The molecule has 1 heterocycles. The Morgan fingerprint density at radius 3 is 2.77 bits per heavy atom. The van der Waals surface area contributed by atoms with Gasteiger partial charge in [-0.15, -0.1) is 0 Å². The number of nitrogens with one attached hydrogen (secondary N) is 1. The van der Waals surface area contributed by atoms with Crippen LogP contribution in [0.25, 0.3) is 16.6 Å². The molecule has 0 aliphatic rings. The lowest BCUT2D eigenvalue weighted by Gasteiger charge is -2.16. The summed E-state index contributed by atoms with van der Waals surface area (Å²) in [4.78, 5) is 28.6. The first-order valence-electron chi connectivity index (χ1n) is 8.13. The molecule has 0 radical (unpaired) electrons. The van der Waals surface area contributed by atoms with Gasteiger partial charge in [-0.2, -0.15) is 0 Å². The number of hydrogen-bond donors (Lipinski definition) is 2. The van der Waals surface area contributed by atoms with Crippen molar-refractivity contribution in [2.24, 2.45) is 0 Å². The van der Waals surface area contributed by atoms with Crippen LogP contribution in [0.4, 0.5) is 4.79 Å². The summed E-state index contributed by atoms with van der Waals surface area (Å²) in [6, 6.07) is 10.9. The summed E-state index contributed by atoms with van der Waals surface area (Å²) >= 11 is 6.25. The molecule has 6 nitrogen and oxygen atoms in total. The van der Waals surface area contributed by atoms with Gasteiger partial charge in [0.2, 0.25) is 0 Å². The first-order valence-corrected chi connectivity index (χ1v) is 8.51. The molecule has 0 bridgehead atoms. The zero-order valence-electron chi connectivity index (χ0n) is 14.4. The molecule has 1 aromatic heterocycles. The average molecular weight is 372 g/mol. The van der Waals surface area contributed by atoms with Gasteiger partial charge in [0.1, 0.15) is 5.82 Å². The second kappa shape index (κ2) is 7.17. The maximum absolute atomic E-state index is 13.2. The summed E-state index contributed by atoms with van der Waals surface area (Å²) in [5.41, 5.74) is 2.87. The predicted octanol–water partition coefficient (Wildman–Crippen LogP) is 3.47. The second-order valence-electron chi connectivity index (χ2n) is 6.07. The molecular weight excluding hydrogens is 354 g/mol. The van der Waals surface area contributed by atoms with E-state index in [9.17, 15) is 9.59 Å². The van der Waals surface area contributed by atoms with Crippen LogP contribution in [0.1, 0.15) is 17.0 Å². The molecular formula is C19H18ClN3O3. The standard InChI is InChI=1S/C19H18ClN3O3/c1-11-6-7-12(2)15(10-11)23-16(8-9-21-19(25)26)22-14-5-3-4-13(20)17(14)18(23)24/h3-7,10,21H,8-9H2,1-2H3,(H,25,26). The van der Waals surface area contributed by atoms with Crippen molar-refractivity contribution >= 4 is 28.6 Å². The third-order valence-corrected chi connectivity index (χ3v) is 4.46. The fourth-order valence-electron chi connectivity index (χ4n) is 2.89. The quantitative estimate of drug-likeness (QED) is 0.735. The van der Waals surface area contributed by atoms with E-state index in [-0.39, 0.29) is 18.5 Å². The molecule has 0 aliphatic carbocycles. The third kappa shape index (κ3) is 3.41. The van der Waals surface area contributed by atoms with Crippen molar-refractivity contribution in [2.45, 2.75) is 20.3 Å². The van der Waals surface area contributed by atoms with E-state index < -0.39 is 6.09 Å². The molecule has 3 aromatic rings. The smallest absolute Gasteiger partial charge is 0.404 e. The van der Waals surface area contributed by atoms with E-state index in [1.54, 1.807) is 18.2 Å². The van der Waals surface area contributed by atoms with Crippen molar-refractivity contribution in [3.8, 4) is 5.69 Å². The summed E-state index contributed by atoms with van der Waals surface area (Å²) in [6.07, 6.45) is -0.841. The molecule has 0 saturated heterocycles. The monoisotopic (exact) mass is 371 g/mol. The number of carbonyl (C=O) groups is 1. The number of benzene rings is 2. The Balaban J connectivity index is 2.28. The van der Waals surface area contributed by atoms with Gasteiger partial charge < -0.3 is 10.4 Å². The lowest BCUT2D eigenvalue weighted by Crippen LogP contribution is -2.29. The predicted molar refractivity (Wildman–Crippen MR) is 102 cm³/mol. The number of aryl methyl sites for hydroxylation is 2. The third-order valence-electron chi connectivity index (χ3n) is 4.15. The number of rotatable bonds is 4. The first-order chi connectivity index (χ1) is 12.4. The van der Waals surface area contributed by atoms with Crippen LogP contribution in [0, 0.1) is 13.8 Å². The van der Waals surface area contributed by atoms with Crippen molar-refractivity contribution in [3.05, 3.63) is 68.7 Å². The lowest BCUT2D eigenvalue weighted by molar-refractivity contribution is 0.194. The number of nitrogens with zero attached hydrogens (tertiary/aromatic N) is 2. The summed E-state index contributed by atoms with van der Waals surface area (Å²) in [7, 11) is 0. The minimum atomic E-state index is -1.12. The highest BCUT2D eigenvalue weighted by Crippen LogP contribution is 2.22. The van der Waals surface area contributed by atoms with E-state index >= 15 is 0 Å². The largest absolute Gasteiger partial charge is 0.465 e. The van der Waals surface area contributed by atoms with Crippen molar-refractivity contribution in [1.29, 1.82) is 0 Å². The number of carboxylic acid groups (broad SMARTS) is 1. The molecule has 7 heteroatoms. The molecule has 2 N–H and O–H groups in total. The number of halogens is 1. The fraction of sp³-hybridized carbons (Fsp3) is 0.211. The zero-order valence-corrected chi connectivity index (χ0v) is 15.2. The molecule has 1 amide bonds. The van der Waals surface area contributed by atoms with Crippen LogP contribution in [-0.2, 0) is 6.42 Å². The van der Waals surface area contributed by atoms with Gasteiger partial charge >= 0.3 is 6.09 Å². The minimum Gasteiger partial charge on any atom is -0.465 e. The van der Waals surface area contributed by atoms with Crippen LogP contribution in [0.15, 0.2) is 41.2 Å². The molecule has 26 heavy (non-hydrogen) atoms. The van der Waals surface area contributed by atoms with Gasteiger partial charge in [-0.1, -0.05) is 29.8 Å².